The zero-order chi connectivity index (χ0) is 19.8. The van der Waals surface area contributed by atoms with Crippen LogP contribution in [-0.4, -0.2) is 18.4 Å². The number of carbonyl (C=O) groups excluding carboxylic acids is 2. The molecule has 0 bridgehead atoms. The van der Waals surface area contributed by atoms with E-state index in [1.165, 1.54) is 24.0 Å². The van der Waals surface area contributed by atoms with Crippen LogP contribution in [0.5, 0.6) is 0 Å². The average Bonchev–Trinajstić information content (AvgIpc) is 2.73. The van der Waals surface area contributed by atoms with Gasteiger partial charge in [-0.1, -0.05) is 41.5 Å². The number of aryl methyl sites for hydroxylation is 1. The van der Waals surface area contributed by atoms with E-state index in [1.54, 1.807) is 24.3 Å². The summed E-state index contributed by atoms with van der Waals surface area (Å²) in [5, 5.41) is 5.88. The molecule has 28 heavy (non-hydrogen) atoms. The standard InChI is InChI=1S/C24H28N2O2/c1-18-6-5-9-20(16-18)17-26-24(28)22-12-10-21(11-13-22)23(27)25-15-14-19-7-3-2-4-8-19/h5-7,9-13,16H,2-4,8,14-15,17H2,1H3,(H,25,27)(H,26,28). The average molecular weight is 377 g/mol. The second-order valence-electron chi connectivity index (χ2n) is 7.36. The largest absolute Gasteiger partial charge is 0.352 e. The van der Waals surface area contributed by atoms with Crippen molar-refractivity contribution in [3.8, 4) is 0 Å². The van der Waals surface area contributed by atoms with Crippen molar-refractivity contribution < 1.29 is 9.59 Å². The van der Waals surface area contributed by atoms with Crippen molar-refractivity contribution in [1.82, 2.24) is 10.6 Å². The lowest BCUT2D eigenvalue weighted by Crippen LogP contribution is -2.25. The Balaban J connectivity index is 1.47. The van der Waals surface area contributed by atoms with Gasteiger partial charge < -0.3 is 10.6 Å². The van der Waals surface area contributed by atoms with Crippen molar-refractivity contribution in [3.63, 3.8) is 0 Å². The van der Waals surface area contributed by atoms with Crippen molar-refractivity contribution in [2.24, 2.45) is 0 Å². The minimum Gasteiger partial charge on any atom is -0.352 e. The van der Waals surface area contributed by atoms with Crippen LogP contribution in [0.4, 0.5) is 0 Å². The first kappa shape index (κ1) is 19.9. The molecule has 2 N–H and O–H groups in total. The molecule has 0 saturated carbocycles. The van der Waals surface area contributed by atoms with Crippen LogP contribution in [0.2, 0.25) is 0 Å². The van der Waals surface area contributed by atoms with Crippen molar-refractivity contribution in [3.05, 3.63) is 82.4 Å². The summed E-state index contributed by atoms with van der Waals surface area (Å²) in [5.74, 6) is -0.235. The fraction of sp³-hybridized carbons (Fsp3) is 0.333. The van der Waals surface area contributed by atoms with Crippen LogP contribution in [0.1, 0.15) is 63.9 Å². The zero-order valence-corrected chi connectivity index (χ0v) is 16.5. The van der Waals surface area contributed by atoms with E-state index < -0.39 is 0 Å². The lowest BCUT2D eigenvalue weighted by Gasteiger charge is -2.13. The summed E-state index contributed by atoms with van der Waals surface area (Å²) in [6.07, 6.45) is 8.08. The van der Waals surface area contributed by atoms with E-state index >= 15 is 0 Å². The minimum absolute atomic E-state index is 0.0943. The van der Waals surface area contributed by atoms with Crippen molar-refractivity contribution in [2.45, 2.75) is 45.6 Å². The van der Waals surface area contributed by atoms with E-state index in [4.69, 9.17) is 0 Å². The number of rotatable bonds is 7. The van der Waals surface area contributed by atoms with Gasteiger partial charge in [0.1, 0.15) is 0 Å². The van der Waals surface area contributed by atoms with Crippen LogP contribution in [0, 0.1) is 6.92 Å². The molecule has 146 valence electrons. The molecule has 1 aliphatic rings. The SMILES string of the molecule is Cc1cccc(CNC(=O)c2ccc(C(=O)NCCC3=CCCCC3)cc2)c1. The van der Waals surface area contributed by atoms with Crippen LogP contribution in [0.25, 0.3) is 0 Å². The number of hydrogen-bond donors (Lipinski definition) is 2. The number of benzene rings is 2. The molecular formula is C24H28N2O2. The van der Waals surface area contributed by atoms with Gasteiger partial charge in [0.05, 0.1) is 0 Å². The molecule has 0 atom stereocenters. The van der Waals surface area contributed by atoms with Crippen molar-refractivity contribution >= 4 is 11.8 Å². The summed E-state index contributed by atoms with van der Waals surface area (Å²) in [6.45, 7) is 3.17. The van der Waals surface area contributed by atoms with E-state index in [9.17, 15) is 9.59 Å². The molecule has 0 aromatic heterocycles. The van der Waals surface area contributed by atoms with Crippen LogP contribution in [0.15, 0.2) is 60.2 Å². The third-order valence-electron chi connectivity index (χ3n) is 5.06. The Morgan fingerprint density at radius 2 is 1.64 bits per heavy atom. The predicted molar refractivity (Wildman–Crippen MR) is 112 cm³/mol. The molecule has 1 aliphatic carbocycles. The predicted octanol–water partition coefficient (Wildman–Crippen LogP) is 4.55. The van der Waals surface area contributed by atoms with Gasteiger partial charge in [-0.05, 0) is 68.9 Å². The van der Waals surface area contributed by atoms with Crippen LogP contribution < -0.4 is 10.6 Å². The van der Waals surface area contributed by atoms with E-state index in [2.05, 4.69) is 22.8 Å². The van der Waals surface area contributed by atoms with Gasteiger partial charge in [0.15, 0.2) is 0 Å². The van der Waals surface area contributed by atoms with Crippen LogP contribution in [0.3, 0.4) is 0 Å². The van der Waals surface area contributed by atoms with Crippen molar-refractivity contribution in [2.75, 3.05) is 6.54 Å². The Labute approximate surface area is 167 Å². The molecule has 0 aliphatic heterocycles. The summed E-state index contributed by atoms with van der Waals surface area (Å²) in [4.78, 5) is 24.6. The van der Waals surface area contributed by atoms with Gasteiger partial charge in [0, 0.05) is 24.2 Å². The first-order valence-electron chi connectivity index (χ1n) is 10.0. The summed E-state index contributed by atoms with van der Waals surface area (Å²) in [6, 6.07) is 14.9. The fourth-order valence-electron chi connectivity index (χ4n) is 3.45. The second kappa shape index (κ2) is 9.88. The number of allylic oxidation sites excluding steroid dienone is 1. The molecule has 0 saturated heterocycles. The van der Waals surface area contributed by atoms with Crippen molar-refractivity contribution in [1.29, 1.82) is 0 Å². The maximum absolute atomic E-state index is 12.3. The first-order valence-corrected chi connectivity index (χ1v) is 10.0. The molecular weight excluding hydrogens is 348 g/mol. The van der Waals surface area contributed by atoms with Gasteiger partial charge in [0.25, 0.3) is 11.8 Å². The third kappa shape index (κ3) is 5.81. The Morgan fingerprint density at radius 3 is 2.29 bits per heavy atom. The number of amides is 2. The Bertz CT molecular complexity index is 853. The van der Waals surface area contributed by atoms with Gasteiger partial charge in [-0.25, -0.2) is 0 Å². The van der Waals surface area contributed by atoms with Gasteiger partial charge in [-0.2, -0.15) is 0 Å². The molecule has 0 spiro atoms. The highest BCUT2D eigenvalue weighted by molar-refractivity contribution is 5.97. The molecule has 4 nitrogen and oxygen atoms in total. The van der Waals surface area contributed by atoms with Gasteiger partial charge in [-0.3, -0.25) is 9.59 Å². The number of hydrogen-bond acceptors (Lipinski definition) is 2. The van der Waals surface area contributed by atoms with E-state index in [0.29, 0.717) is 24.2 Å². The van der Waals surface area contributed by atoms with E-state index in [1.807, 2.05) is 25.1 Å². The molecule has 0 unspecified atom stereocenters. The Hall–Kier alpha value is -2.88. The van der Waals surface area contributed by atoms with E-state index in [-0.39, 0.29) is 11.8 Å². The third-order valence-corrected chi connectivity index (χ3v) is 5.06. The highest BCUT2D eigenvalue weighted by Gasteiger charge is 2.10. The molecule has 2 amide bonds. The lowest BCUT2D eigenvalue weighted by atomic mass is 9.97. The number of nitrogens with one attached hydrogen (secondary N) is 2. The smallest absolute Gasteiger partial charge is 0.251 e. The summed E-state index contributed by atoms with van der Waals surface area (Å²) in [7, 11) is 0. The molecule has 2 aromatic carbocycles. The Kier molecular flexibility index (Phi) is 7.01. The Morgan fingerprint density at radius 1 is 0.929 bits per heavy atom. The molecule has 2 aromatic rings. The lowest BCUT2D eigenvalue weighted by molar-refractivity contribution is 0.0940. The highest BCUT2D eigenvalue weighted by Crippen LogP contribution is 2.19. The molecule has 0 fully saturated rings. The topological polar surface area (TPSA) is 58.2 Å². The molecule has 0 heterocycles. The fourth-order valence-corrected chi connectivity index (χ4v) is 3.45. The first-order chi connectivity index (χ1) is 13.6. The van der Waals surface area contributed by atoms with Crippen LogP contribution >= 0.6 is 0 Å². The van der Waals surface area contributed by atoms with Gasteiger partial charge in [0.2, 0.25) is 0 Å². The van der Waals surface area contributed by atoms with Gasteiger partial charge in [-0.15, -0.1) is 0 Å². The van der Waals surface area contributed by atoms with Crippen LogP contribution in [-0.2, 0) is 6.54 Å². The summed E-state index contributed by atoms with van der Waals surface area (Å²) in [5.41, 5.74) is 4.82. The van der Waals surface area contributed by atoms with Gasteiger partial charge >= 0.3 is 0 Å². The normalized spacial score (nSPS) is 13.5. The van der Waals surface area contributed by atoms with E-state index in [0.717, 1.165) is 24.8 Å². The zero-order valence-electron chi connectivity index (χ0n) is 16.5. The highest BCUT2D eigenvalue weighted by atomic mass is 16.2. The molecule has 0 radical (unpaired) electrons. The molecule has 4 heteroatoms. The maximum atomic E-state index is 12.3. The number of carbonyl (C=O) groups is 2. The minimum atomic E-state index is -0.141. The molecule has 3 rings (SSSR count). The maximum Gasteiger partial charge on any atom is 0.251 e. The second-order valence-corrected chi connectivity index (χ2v) is 7.36. The quantitative estimate of drug-likeness (QED) is 0.697. The summed E-state index contributed by atoms with van der Waals surface area (Å²) < 4.78 is 0. The monoisotopic (exact) mass is 376 g/mol. The summed E-state index contributed by atoms with van der Waals surface area (Å²) >= 11 is 0.